The van der Waals surface area contributed by atoms with Gasteiger partial charge in [-0.3, -0.25) is 0 Å². The molecule has 1 atom stereocenters. The second-order valence-electron chi connectivity index (χ2n) is 2.10. The number of likely N-dealkylation sites (N-methyl/N-ethyl adjacent to an activating group) is 1. The first-order chi connectivity index (χ1) is 4.27. The molecular formula is C6H16NO2+. The molecule has 0 aromatic heterocycles. The standard InChI is InChI=1S/C6H15NO2/c1-3-5-9-6-4-7(2)8/h8H,3-6H2,1-2H3/p+1. The second-order valence-corrected chi connectivity index (χ2v) is 2.10. The Morgan fingerprint density at radius 2 is 2.11 bits per heavy atom. The molecule has 0 radical (unpaired) electrons. The summed E-state index contributed by atoms with van der Waals surface area (Å²) < 4.78 is 5.11. The van der Waals surface area contributed by atoms with Crippen molar-refractivity contribution in [3.63, 3.8) is 0 Å². The van der Waals surface area contributed by atoms with Crippen LogP contribution in [0.3, 0.4) is 0 Å². The molecule has 9 heavy (non-hydrogen) atoms. The number of nitrogens with one attached hydrogen (secondary N) is 1. The Hall–Kier alpha value is -0.120. The van der Waals surface area contributed by atoms with Crippen LogP contribution in [0.15, 0.2) is 0 Å². The lowest BCUT2D eigenvalue weighted by atomic mass is 10.5. The van der Waals surface area contributed by atoms with Gasteiger partial charge in [0.1, 0.15) is 6.54 Å². The van der Waals surface area contributed by atoms with Crippen LogP contribution >= 0.6 is 0 Å². The summed E-state index contributed by atoms with van der Waals surface area (Å²) in [4.78, 5) is 0. The third kappa shape index (κ3) is 7.88. The van der Waals surface area contributed by atoms with E-state index in [0.717, 1.165) is 13.0 Å². The van der Waals surface area contributed by atoms with E-state index >= 15 is 0 Å². The fourth-order valence-electron chi connectivity index (χ4n) is 0.466. The Bertz CT molecular complexity index is 57.0. The minimum absolute atomic E-state index is 0.450. The Kier molecular flexibility index (Phi) is 5.93. The lowest BCUT2D eigenvalue weighted by Crippen LogP contribution is -3.07. The van der Waals surface area contributed by atoms with E-state index in [1.165, 1.54) is 0 Å². The van der Waals surface area contributed by atoms with Gasteiger partial charge in [-0.2, -0.15) is 5.06 Å². The molecule has 0 aliphatic carbocycles. The smallest absolute Gasteiger partial charge is 0.130 e. The molecule has 3 nitrogen and oxygen atoms in total. The Morgan fingerprint density at radius 3 is 2.56 bits per heavy atom. The normalized spacial score (nSPS) is 13.7. The molecule has 0 aromatic rings. The first-order valence-electron chi connectivity index (χ1n) is 3.36. The molecular weight excluding hydrogens is 118 g/mol. The molecule has 0 rings (SSSR count). The third-order valence-electron chi connectivity index (χ3n) is 0.957. The van der Waals surface area contributed by atoms with Gasteiger partial charge in [-0.1, -0.05) is 6.92 Å². The second kappa shape index (κ2) is 6.01. The van der Waals surface area contributed by atoms with Gasteiger partial charge < -0.3 is 4.74 Å². The summed E-state index contributed by atoms with van der Waals surface area (Å²) in [5.41, 5.74) is 0. The van der Waals surface area contributed by atoms with Crippen molar-refractivity contribution < 1.29 is 15.0 Å². The molecule has 0 saturated carbocycles. The molecule has 3 heteroatoms. The van der Waals surface area contributed by atoms with Gasteiger partial charge in [0.2, 0.25) is 0 Å². The number of ether oxygens (including phenoxy) is 1. The number of quaternary nitrogens is 1. The van der Waals surface area contributed by atoms with Crippen LogP contribution in [0.25, 0.3) is 0 Å². The maximum absolute atomic E-state index is 8.69. The number of hydrogen-bond donors (Lipinski definition) is 2. The summed E-state index contributed by atoms with van der Waals surface area (Å²) in [7, 11) is 1.69. The summed E-state index contributed by atoms with van der Waals surface area (Å²) in [6.45, 7) is 4.18. The fraction of sp³-hybridized carbons (Fsp3) is 1.00. The maximum Gasteiger partial charge on any atom is 0.130 e. The molecule has 0 spiro atoms. The molecule has 56 valence electrons. The maximum atomic E-state index is 8.69. The molecule has 0 fully saturated rings. The van der Waals surface area contributed by atoms with E-state index in [1.54, 1.807) is 7.05 Å². The van der Waals surface area contributed by atoms with Crippen LogP contribution in [-0.2, 0) is 4.74 Å². The number of hydroxylamine groups is 2. The van der Waals surface area contributed by atoms with Gasteiger partial charge in [-0.15, -0.1) is 0 Å². The summed E-state index contributed by atoms with van der Waals surface area (Å²) in [6, 6.07) is 0. The minimum Gasteiger partial charge on any atom is -0.375 e. The molecule has 0 heterocycles. The Morgan fingerprint density at radius 1 is 1.44 bits per heavy atom. The van der Waals surface area contributed by atoms with Crippen LogP contribution in [0.1, 0.15) is 13.3 Å². The lowest BCUT2D eigenvalue weighted by molar-refractivity contribution is -1.07. The largest absolute Gasteiger partial charge is 0.375 e. The highest BCUT2D eigenvalue weighted by molar-refractivity contribution is 4.24. The average molecular weight is 134 g/mol. The van der Waals surface area contributed by atoms with E-state index in [-0.39, 0.29) is 0 Å². The van der Waals surface area contributed by atoms with Crippen molar-refractivity contribution in [3.8, 4) is 0 Å². The van der Waals surface area contributed by atoms with Crippen molar-refractivity contribution in [1.82, 2.24) is 0 Å². The van der Waals surface area contributed by atoms with Crippen LogP contribution < -0.4 is 5.06 Å². The summed E-state index contributed by atoms with van der Waals surface area (Å²) >= 11 is 0. The van der Waals surface area contributed by atoms with E-state index in [1.807, 2.05) is 0 Å². The van der Waals surface area contributed by atoms with Crippen molar-refractivity contribution in [2.45, 2.75) is 13.3 Å². The molecule has 0 saturated heterocycles. The van der Waals surface area contributed by atoms with E-state index in [9.17, 15) is 0 Å². The molecule has 1 unspecified atom stereocenters. The fourth-order valence-corrected chi connectivity index (χ4v) is 0.466. The van der Waals surface area contributed by atoms with Gasteiger partial charge in [-0.05, 0) is 6.42 Å². The zero-order valence-electron chi connectivity index (χ0n) is 6.18. The quantitative estimate of drug-likeness (QED) is 0.386. The SMILES string of the molecule is CCCOCC[NH+](C)O. The third-order valence-corrected chi connectivity index (χ3v) is 0.957. The van der Waals surface area contributed by atoms with Crippen LogP contribution in [0.4, 0.5) is 0 Å². The van der Waals surface area contributed by atoms with Crippen LogP contribution in [0, 0.1) is 0 Å². The minimum atomic E-state index is 0.450. The first-order valence-corrected chi connectivity index (χ1v) is 3.36. The van der Waals surface area contributed by atoms with Gasteiger partial charge in [0.05, 0.1) is 13.7 Å². The monoisotopic (exact) mass is 134 g/mol. The van der Waals surface area contributed by atoms with E-state index in [2.05, 4.69) is 6.92 Å². The van der Waals surface area contributed by atoms with Crippen LogP contribution in [0.5, 0.6) is 0 Å². The van der Waals surface area contributed by atoms with Gasteiger partial charge in [0, 0.05) is 6.61 Å². The van der Waals surface area contributed by atoms with Crippen molar-refractivity contribution in [3.05, 3.63) is 0 Å². The zero-order valence-corrected chi connectivity index (χ0v) is 6.18. The number of rotatable bonds is 5. The Balaban J connectivity index is 2.75. The van der Waals surface area contributed by atoms with Crippen LogP contribution in [0.2, 0.25) is 0 Å². The topological polar surface area (TPSA) is 33.9 Å². The van der Waals surface area contributed by atoms with Gasteiger partial charge in [0.15, 0.2) is 0 Å². The van der Waals surface area contributed by atoms with E-state index < -0.39 is 0 Å². The van der Waals surface area contributed by atoms with Crippen molar-refractivity contribution in [1.29, 1.82) is 0 Å². The molecule has 0 amide bonds. The molecule has 2 N–H and O–H groups in total. The highest BCUT2D eigenvalue weighted by atomic mass is 16.5. The van der Waals surface area contributed by atoms with Gasteiger partial charge in [-0.25, -0.2) is 5.21 Å². The average Bonchev–Trinajstić information content (AvgIpc) is 1.80. The summed E-state index contributed by atoms with van der Waals surface area (Å²) in [5.74, 6) is 0. The Labute approximate surface area is 56.2 Å². The van der Waals surface area contributed by atoms with Crippen LogP contribution in [-0.4, -0.2) is 32.0 Å². The summed E-state index contributed by atoms with van der Waals surface area (Å²) in [5, 5.41) is 9.14. The van der Waals surface area contributed by atoms with Gasteiger partial charge >= 0.3 is 0 Å². The molecule has 0 aliphatic rings. The highest BCUT2D eigenvalue weighted by Gasteiger charge is 1.93. The van der Waals surface area contributed by atoms with Crippen molar-refractivity contribution in [2.24, 2.45) is 0 Å². The van der Waals surface area contributed by atoms with Crippen molar-refractivity contribution in [2.75, 3.05) is 26.8 Å². The molecule has 0 aromatic carbocycles. The zero-order chi connectivity index (χ0) is 7.11. The molecule has 0 bridgehead atoms. The predicted octanol–water partition coefficient (Wildman–Crippen LogP) is -0.683. The lowest BCUT2D eigenvalue weighted by Gasteiger charge is -2.03. The number of hydrogen-bond acceptors (Lipinski definition) is 2. The van der Waals surface area contributed by atoms with Crippen molar-refractivity contribution >= 4 is 0 Å². The van der Waals surface area contributed by atoms with E-state index in [0.29, 0.717) is 18.2 Å². The van der Waals surface area contributed by atoms with Gasteiger partial charge in [0.25, 0.3) is 0 Å². The van der Waals surface area contributed by atoms with E-state index in [4.69, 9.17) is 9.94 Å². The first kappa shape index (κ1) is 8.88. The highest BCUT2D eigenvalue weighted by Crippen LogP contribution is 1.75. The predicted molar refractivity (Wildman–Crippen MR) is 34.7 cm³/mol. The molecule has 0 aliphatic heterocycles. The summed E-state index contributed by atoms with van der Waals surface area (Å²) in [6.07, 6.45) is 1.05.